The van der Waals surface area contributed by atoms with Crippen molar-refractivity contribution in [3.63, 3.8) is 0 Å². The highest BCUT2D eigenvalue weighted by atomic mass is 16.6. The molecule has 4 rings (SSSR count). The van der Waals surface area contributed by atoms with Crippen molar-refractivity contribution in [3.05, 3.63) is 11.6 Å². The molecule has 5 atom stereocenters. The minimum atomic E-state index is -0.462. The van der Waals surface area contributed by atoms with Gasteiger partial charge in [0.1, 0.15) is 6.10 Å². The normalized spacial score (nSPS) is 51.2. The summed E-state index contributed by atoms with van der Waals surface area (Å²) in [6.07, 6.45) is 3.69. The minimum absolute atomic E-state index is 0.0225. The molecule has 0 unspecified atom stereocenters. The van der Waals surface area contributed by atoms with Gasteiger partial charge in [-0.25, -0.2) is 0 Å². The van der Waals surface area contributed by atoms with Crippen LogP contribution in [0.15, 0.2) is 11.6 Å². The van der Waals surface area contributed by atoms with Gasteiger partial charge in [0.25, 0.3) is 0 Å². The van der Waals surface area contributed by atoms with Crippen molar-refractivity contribution in [1.29, 1.82) is 0 Å². The molecule has 0 N–H and O–H groups in total. The first-order valence-corrected chi connectivity index (χ1v) is 6.84. The van der Waals surface area contributed by atoms with Gasteiger partial charge in [-0.3, -0.25) is 9.59 Å². The fourth-order valence-corrected chi connectivity index (χ4v) is 5.23. The molecule has 0 radical (unpaired) electrons. The third kappa shape index (κ3) is 0.799. The Balaban J connectivity index is 1.86. The van der Waals surface area contributed by atoms with Gasteiger partial charge in [0, 0.05) is 17.3 Å². The Bertz CT molecular complexity index is 516. The Labute approximate surface area is 107 Å². The highest BCUT2D eigenvalue weighted by molar-refractivity contribution is 6.03. The molecule has 1 heterocycles. The van der Waals surface area contributed by atoms with E-state index in [4.69, 9.17) is 4.74 Å². The predicted molar refractivity (Wildman–Crippen MR) is 64.6 cm³/mol. The van der Waals surface area contributed by atoms with Crippen LogP contribution in [0.5, 0.6) is 0 Å². The van der Waals surface area contributed by atoms with E-state index in [1.165, 1.54) is 0 Å². The Morgan fingerprint density at radius 3 is 2.72 bits per heavy atom. The summed E-state index contributed by atoms with van der Waals surface area (Å²) in [5.74, 6) is 0.651. The van der Waals surface area contributed by atoms with Gasteiger partial charge >= 0.3 is 5.97 Å². The molecule has 1 saturated heterocycles. The van der Waals surface area contributed by atoms with Crippen LogP contribution in [0.1, 0.15) is 33.6 Å². The Hall–Kier alpha value is -1.12. The molecule has 96 valence electrons. The van der Waals surface area contributed by atoms with E-state index in [1.807, 2.05) is 13.0 Å². The highest BCUT2D eigenvalue weighted by Crippen LogP contribution is 2.79. The Kier molecular flexibility index (Phi) is 1.63. The SMILES string of the molecule is CC1=CCC[C@@]23C(=O)O[C@H]4[C@@H]2[C@@H]([C@H]3C1=O)C4(C)C. The summed E-state index contributed by atoms with van der Waals surface area (Å²) in [6.45, 7) is 6.16. The number of hydrogen-bond donors (Lipinski definition) is 0. The standard InChI is InChI=1S/C15H18O3/c1-7-5-4-6-15-9(11(7)16)8-10(15)12(14(8,2)3)18-13(15)17/h5,8-10,12H,4,6H2,1-3H3/t8-,9+,10+,12+,15+/m1/s1. The zero-order valence-corrected chi connectivity index (χ0v) is 11.0. The summed E-state index contributed by atoms with van der Waals surface area (Å²) in [5, 5.41) is 0. The monoisotopic (exact) mass is 246 g/mol. The molecule has 3 fully saturated rings. The number of esters is 1. The number of ketones is 1. The molecule has 2 saturated carbocycles. The van der Waals surface area contributed by atoms with E-state index in [2.05, 4.69) is 13.8 Å². The van der Waals surface area contributed by atoms with Gasteiger partial charge in [-0.2, -0.15) is 0 Å². The number of rotatable bonds is 0. The van der Waals surface area contributed by atoms with Crippen molar-refractivity contribution in [2.75, 3.05) is 0 Å². The maximum Gasteiger partial charge on any atom is 0.313 e. The molecule has 3 heteroatoms. The first kappa shape index (κ1) is 10.8. The van der Waals surface area contributed by atoms with Gasteiger partial charge in [0.2, 0.25) is 0 Å². The molecule has 18 heavy (non-hydrogen) atoms. The van der Waals surface area contributed by atoms with Crippen LogP contribution >= 0.6 is 0 Å². The van der Waals surface area contributed by atoms with Crippen LogP contribution in [0.4, 0.5) is 0 Å². The van der Waals surface area contributed by atoms with Gasteiger partial charge in [0.05, 0.1) is 5.41 Å². The number of Topliss-reactive ketones (excluding diaryl/α,β-unsaturated/α-hetero) is 1. The van der Waals surface area contributed by atoms with Crippen LogP contribution in [0, 0.1) is 28.6 Å². The van der Waals surface area contributed by atoms with Crippen LogP contribution in [0.2, 0.25) is 0 Å². The number of allylic oxidation sites excluding steroid dienone is 2. The van der Waals surface area contributed by atoms with Gasteiger partial charge in [0.15, 0.2) is 5.78 Å². The average molecular weight is 246 g/mol. The second-order valence-electron chi connectivity index (χ2n) is 7.01. The smallest absolute Gasteiger partial charge is 0.313 e. The molecule has 1 spiro atoms. The lowest BCUT2D eigenvalue weighted by Crippen LogP contribution is -2.75. The third-order valence-corrected chi connectivity index (χ3v) is 6.11. The van der Waals surface area contributed by atoms with Gasteiger partial charge in [-0.15, -0.1) is 0 Å². The average Bonchev–Trinajstić information content (AvgIpc) is 2.37. The fourth-order valence-electron chi connectivity index (χ4n) is 5.23. The largest absolute Gasteiger partial charge is 0.461 e. The first-order valence-electron chi connectivity index (χ1n) is 6.84. The summed E-state index contributed by atoms with van der Waals surface area (Å²) in [6, 6.07) is 0. The van der Waals surface area contributed by atoms with Gasteiger partial charge < -0.3 is 4.74 Å². The van der Waals surface area contributed by atoms with E-state index in [0.29, 0.717) is 11.8 Å². The molecule has 0 aromatic rings. The molecule has 3 aliphatic carbocycles. The maximum absolute atomic E-state index is 12.5. The summed E-state index contributed by atoms with van der Waals surface area (Å²) in [5.41, 5.74) is 0.357. The maximum atomic E-state index is 12.5. The number of hydrogen-bond acceptors (Lipinski definition) is 3. The van der Waals surface area contributed by atoms with E-state index >= 15 is 0 Å². The topological polar surface area (TPSA) is 43.4 Å². The number of carbonyl (C=O) groups is 2. The molecule has 0 bridgehead atoms. The zero-order valence-electron chi connectivity index (χ0n) is 11.0. The van der Waals surface area contributed by atoms with Crippen molar-refractivity contribution < 1.29 is 14.3 Å². The highest BCUT2D eigenvalue weighted by Gasteiger charge is 2.85. The van der Waals surface area contributed by atoms with E-state index in [9.17, 15) is 9.59 Å². The third-order valence-electron chi connectivity index (χ3n) is 6.11. The molecule has 0 aromatic heterocycles. The quantitative estimate of drug-likeness (QED) is 0.615. The van der Waals surface area contributed by atoms with Crippen molar-refractivity contribution in [2.24, 2.45) is 28.6 Å². The summed E-state index contributed by atoms with van der Waals surface area (Å²) < 4.78 is 5.61. The van der Waals surface area contributed by atoms with E-state index in [0.717, 1.165) is 18.4 Å². The number of ether oxygens (including phenoxy) is 1. The van der Waals surface area contributed by atoms with Crippen LogP contribution < -0.4 is 0 Å². The van der Waals surface area contributed by atoms with Crippen LogP contribution in [-0.2, 0) is 14.3 Å². The number of carbonyl (C=O) groups excluding carboxylic acids is 2. The molecular weight excluding hydrogens is 228 g/mol. The summed E-state index contributed by atoms with van der Waals surface area (Å²) in [7, 11) is 0. The minimum Gasteiger partial charge on any atom is -0.461 e. The lowest BCUT2D eigenvalue weighted by Gasteiger charge is -2.69. The zero-order chi connectivity index (χ0) is 12.9. The van der Waals surface area contributed by atoms with Crippen molar-refractivity contribution in [3.8, 4) is 0 Å². The van der Waals surface area contributed by atoms with Crippen LogP contribution in [-0.4, -0.2) is 17.9 Å². The van der Waals surface area contributed by atoms with Gasteiger partial charge in [-0.05, 0) is 31.3 Å². The Morgan fingerprint density at radius 2 is 2.00 bits per heavy atom. The number of fused-ring (bicyclic) bond motifs is 1. The van der Waals surface area contributed by atoms with E-state index in [1.54, 1.807) is 0 Å². The predicted octanol–water partition coefficient (Wildman–Crippen LogP) is 2.11. The fraction of sp³-hybridized carbons (Fsp3) is 0.733. The van der Waals surface area contributed by atoms with Crippen molar-refractivity contribution in [1.82, 2.24) is 0 Å². The van der Waals surface area contributed by atoms with Crippen molar-refractivity contribution in [2.45, 2.75) is 39.7 Å². The van der Waals surface area contributed by atoms with Gasteiger partial charge in [-0.1, -0.05) is 19.9 Å². The molecule has 0 aromatic carbocycles. The lowest BCUT2D eigenvalue weighted by atomic mass is 9.30. The van der Waals surface area contributed by atoms with Crippen LogP contribution in [0.3, 0.4) is 0 Å². The van der Waals surface area contributed by atoms with E-state index in [-0.39, 0.29) is 29.2 Å². The first-order chi connectivity index (χ1) is 8.42. The van der Waals surface area contributed by atoms with Crippen molar-refractivity contribution >= 4 is 11.8 Å². The molecular formula is C15H18O3. The van der Waals surface area contributed by atoms with E-state index < -0.39 is 5.41 Å². The molecule has 3 nitrogen and oxygen atoms in total. The van der Waals surface area contributed by atoms with Crippen LogP contribution in [0.25, 0.3) is 0 Å². The second kappa shape index (κ2) is 2.73. The summed E-state index contributed by atoms with van der Waals surface area (Å²) in [4.78, 5) is 24.9. The second-order valence-corrected chi connectivity index (χ2v) is 7.01. The molecule has 0 amide bonds. The Morgan fingerprint density at radius 1 is 1.28 bits per heavy atom. The summed E-state index contributed by atoms with van der Waals surface area (Å²) >= 11 is 0. The molecule has 4 aliphatic rings. The molecule has 1 aliphatic heterocycles. The lowest BCUT2D eigenvalue weighted by molar-refractivity contribution is -0.251.